The third-order valence-corrected chi connectivity index (χ3v) is 3.11. The van der Waals surface area contributed by atoms with E-state index in [1.54, 1.807) is 12.1 Å². The average Bonchev–Trinajstić information content (AvgIpc) is 2.21. The first-order valence-corrected chi connectivity index (χ1v) is 6.93. The van der Waals surface area contributed by atoms with Crippen LogP contribution in [0.2, 0.25) is 0 Å². The minimum atomic E-state index is -3.85. The molecule has 0 fully saturated rings. The van der Waals surface area contributed by atoms with Gasteiger partial charge in [0.2, 0.25) is 0 Å². The first kappa shape index (κ1) is 13.8. The lowest BCUT2D eigenvalue weighted by Gasteiger charge is -2.07. The van der Waals surface area contributed by atoms with E-state index in [-0.39, 0.29) is 5.75 Å². The number of rotatable bonds is 6. The van der Waals surface area contributed by atoms with Gasteiger partial charge in [-0.3, -0.25) is 4.55 Å². The Bertz CT molecular complexity index is 470. The molecule has 0 aliphatic heterocycles. The van der Waals surface area contributed by atoms with Crippen LogP contribution in [0, 0.1) is 6.92 Å². The van der Waals surface area contributed by atoms with Crippen molar-refractivity contribution in [1.29, 1.82) is 0 Å². The molecule has 0 aliphatic rings. The Kier molecular flexibility index (Phi) is 4.77. The van der Waals surface area contributed by atoms with Gasteiger partial charge < -0.3 is 10.5 Å². The Morgan fingerprint density at radius 2 is 2.06 bits per heavy atom. The Labute approximate surface area is 101 Å². The first-order valence-electron chi connectivity index (χ1n) is 5.32. The van der Waals surface area contributed by atoms with Gasteiger partial charge in [0.1, 0.15) is 5.75 Å². The molecule has 0 heterocycles. The predicted molar refractivity (Wildman–Crippen MR) is 66.7 cm³/mol. The average molecular weight is 259 g/mol. The molecule has 6 heteroatoms. The van der Waals surface area contributed by atoms with Crippen LogP contribution in [0.5, 0.6) is 5.75 Å². The van der Waals surface area contributed by atoms with E-state index in [0.717, 1.165) is 5.56 Å². The Morgan fingerprint density at radius 3 is 2.65 bits per heavy atom. The molecule has 0 aliphatic carbocycles. The SMILES string of the molecule is Cc1cc(OCCCCS(=O)(=O)O)ccc1N. The third kappa shape index (κ3) is 5.55. The van der Waals surface area contributed by atoms with E-state index < -0.39 is 10.1 Å². The van der Waals surface area contributed by atoms with E-state index in [9.17, 15) is 8.42 Å². The summed E-state index contributed by atoms with van der Waals surface area (Å²) in [6.07, 6.45) is 0.954. The standard InChI is InChI=1S/C11H17NO4S/c1-9-8-10(4-5-11(9)12)16-6-2-3-7-17(13,14)15/h4-5,8H,2-3,6-7,12H2,1H3,(H,13,14,15). The van der Waals surface area contributed by atoms with Crippen molar-refractivity contribution in [2.45, 2.75) is 19.8 Å². The van der Waals surface area contributed by atoms with Crippen molar-refractivity contribution in [1.82, 2.24) is 0 Å². The number of hydrogen-bond acceptors (Lipinski definition) is 4. The maximum Gasteiger partial charge on any atom is 0.264 e. The van der Waals surface area contributed by atoms with Gasteiger partial charge in [0.25, 0.3) is 10.1 Å². The van der Waals surface area contributed by atoms with Crippen molar-refractivity contribution in [3.05, 3.63) is 23.8 Å². The van der Waals surface area contributed by atoms with E-state index in [0.29, 0.717) is 30.9 Å². The zero-order chi connectivity index (χ0) is 12.9. The minimum absolute atomic E-state index is 0.225. The highest BCUT2D eigenvalue weighted by atomic mass is 32.2. The fraction of sp³-hybridized carbons (Fsp3) is 0.455. The molecular formula is C11H17NO4S. The summed E-state index contributed by atoms with van der Waals surface area (Å²) < 4.78 is 34.8. The van der Waals surface area contributed by atoms with Crippen LogP contribution in [0.4, 0.5) is 5.69 Å². The smallest absolute Gasteiger partial charge is 0.264 e. The summed E-state index contributed by atoms with van der Waals surface area (Å²) in [6.45, 7) is 2.30. The molecule has 96 valence electrons. The van der Waals surface area contributed by atoms with Crippen molar-refractivity contribution in [2.24, 2.45) is 0 Å². The first-order chi connectivity index (χ1) is 7.88. The highest BCUT2D eigenvalue weighted by Gasteiger charge is 2.03. The van der Waals surface area contributed by atoms with E-state index in [4.69, 9.17) is 15.0 Å². The molecule has 1 aromatic rings. The highest BCUT2D eigenvalue weighted by molar-refractivity contribution is 7.85. The molecular weight excluding hydrogens is 242 g/mol. The molecule has 0 amide bonds. The minimum Gasteiger partial charge on any atom is -0.494 e. The number of nitrogen functional groups attached to an aromatic ring is 1. The molecule has 0 radical (unpaired) electrons. The number of anilines is 1. The summed E-state index contributed by atoms with van der Waals surface area (Å²) >= 11 is 0. The van der Waals surface area contributed by atoms with Crippen molar-refractivity contribution >= 4 is 15.8 Å². The van der Waals surface area contributed by atoms with Gasteiger partial charge in [-0.1, -0.05) is 0 Å². The topological polar surface area (TPSA) is 89.6 Å². The number of unbranched alkanes of at least 4 members (excludes halogenated alkanes) is 1. The highest BCUT2D eigenvalue weighted by Crippen LogP contribution is 2.18. The number of nitrogens with two attached hydrogens (primary N) is 1. The molecule has 1 aromatic carbocycles. The molecule has 0 spiro atoms. The van der Waals surface area contributed by atoms with E-state index in [1.807, 2.05) is 13.0 Å². The summed E-state index contributed by atoms with van der Waals surface area (Å²) in [7, 11) is -3.85. The summed E-state index contributed by atoms with van der Waals surface area (Å²) in [6, 6.07) is 5.37. The van der Waals surface area contributed by atoms with Crippen LogP contribution in [0.25, 0.3) is 0 Å². The van der Waals surface area contributed by atoms with Gasteiger partial charge in [0.15, 0.2) is 0 Å². The number of ether oxygens (including phenoxy) is 1. The molecule has 17 heavy (non-hydrogen) atoms. The molecule has 0 atom stereocenters. The zero-order valence-electron chi connectivity index (χ0n) is 9.72. The molecule has 0 aromatic heterocycles. The lowest BCUT2D eigenvalue weighted by atomic mass is 10.2. The largest absolute Gasteiger partial charge is 0.494 e. The summed E-state index contributed by atoms with van der Waals surface area (Å²) in [5, 5.41) is 0. The number of aryl methyl sites for hydroxylation is 1. The van der Waals surface area contributed by atoms with Crippen LogP contribution in [0.15, 0.2) is 18.2 Å². The molecule has 0 bridgehead atoms. The summed E-state index contributed by atoms with van der Waals surface area (Å²) in [5.41, 5.74) is 7.32. The summed E-state index contributed by atoms with van der Waals surface area (Å²) in [4.78, 5) is 0. The second-order valence-corrected chi connectivity index (χ2v) is 5.43. The maximum atomic E-state index is 10.4. The predicted octanol–water partition coefficient (Wildman–Crippen LogP) is 1.62. The van der Waals surface area contributed by atoms with Crippen molar-refractivity contribution in [3.63, 3.8) is 0 Å². The van der Waals surface area contributed by atoms with Gasteiger partial charge >= 0.3 is 0 Å². The lowest BCUT2D eigenvalue weighted by molar-refractivity contribution is 0.309. The van der Waals surface area contributed by atoms with Gasteiger partial charge in [0, 0.05) is 5.69 Å². The normalized spacial score (nSPS) is 11.4. The third-order valence-electron chi connectivity index (χ3n) is 2.31. The van der Waals surface area contributed by atoms with E-state index in [1.165, 1.54) is 0 Å². The van der Waals surface area contributed by atoms with Crippen LogP contribution in [-0.2, 0) is 10.1 Å². The monoisotopic (exact) mass is 259 g/mol. The number of hydrogen-bond donors (Lipinski definition) is 2. The quantitative estimate of drug-likeness (QED) is 0.460. The number of benzene rings is 1. The van der Waals surface area contributed by atoms with Gasteiger partial charge in [-0.2, -0.15) is 8.42 Å². The molecule has 0 unspecified atom stereocenters. The van der Waals surface area contributed by atoms with Crippen LogP contribution in [0.3, 0.4) is 0 Å². The lowest BCUT2D eigenvalue weighted by Crippen LogP contribution is -2.06. The fourth-order valence-corrected chi connectivity index (χ4v) is 1.88. The van der Waals surface area contributed by atoms with E-state index >= 15 is 0 Å². The van der Waals surface area contributed by atoms with Crippen LogP contribution in [0.1, 0.15) is 18.4 Å². The van der Waals surface area contributed by atoms with E-state index in [2.05, 4.69) is 0 Å². The van der Waals surface area contributed by atoms with Crippen molar-refractivity contribution < 1.29 is 17.7 Å². The summed E-state index contributed by atoms with van der Waals surface area (Å²) in [5.74, 6) is 0.487. The Morgan fingerprint density at radius 1 is 1.35 bits per heavy atom. The molecule has 0 saturated heterocycles. The zero-order valence-corrected chi connectivity index (χ0v) is 10.5. The molecule has 3 N–H and O–H groups in total. The molecule has 0 saturated carbocycles. The van der Waals surface area contributed by atoms with Gasteiger partial charge in [0.05, 0.1) is 12.4 Å². The molecule has 5 nitrogen and oxygen atoms in total. The fourth-order valence-electron chi connectivity index (χ4n) is 1.31. The second kappa shape index (κ2) is 5.88. The molecule has 1 rings (SSSR count). The van der Waals surface area contributed by atoms with Crippen LogP contribution >= 0.6 is 0 Å². The maximum absolute atomic E-state index is 10.4. The Balaban J connectivity index is 2.29. The van der Waals surface area contributed by atoms with Crippen LogP contribution < -0.4 is 10.5 Å². The second-order valence-electron chi connectivity index (χ2n) is 3.86. The van der Waals surface area contributed by atoms with Gasteiger partial charge in [-0.15, -0.1) is 0 Å². The van der Waals surface area contributed by atoms with Crippen LogP contribution in [-0.4, -0.2) is 25.3 Å². The Hall–Kier alpha value is -1.27. The van der Waals surface area contributed by atoms with Crippen molar-refractivity contribution in [3.8, 4) is 5.75 Å². The van der Waals surface area contributed by atoms with Gasteiger partial charge in [-0.25, -0.2) is 0 Å². The van der Waals surface area contributed by atoms with Gasteiger partial charge in [-0.05, 0) is 43.5 Å². The van der Waals surface area contributed by atoms with Crippen molar-refractivity contribution in [2.75, 3.05) is 18.1 Å².